The molecule has 0 unspecified atom stereocenters. The number of rotatable bonds is 8. The molecule has 0 bridgehead atoms. The van der Waals surface area contributed by atoms with Crippen molar-refractivity contribution in [3.63, 3.8) is 0 Å². The Morgan fingerprint density at radius 1 is 0.889 bits per heavy atom. The van der Waals surface area contributed by atoms with Crippen LogP contribution in [0, 0.1) is 17.3 Å². The fraction of sp³-hybridized carbons (Fsp3) is 0.960. The molecular weight excluding hydrogens is 332 g/mol. The Balaban J connectivity index is 1.48. The van der Waals surface area contributed by atoms with Crippen LogP contribution in [0.1, 0.15) is 129 Å². The Morgan fingerprint density at radius 3 is 2.15 bits per heavy atom. The number of ether oxygens (including phenoxy) is 1. The normalized spacial score (nSPS) is 30.9. The SMILES string of the molecule is CCC[C@H]1CC[C@@](CCCC(=O)OC2CCCCC2)(C2CCCCC2)CC1. The first-order chi connectivity index (χ1) is 13.2. The van der Waals surface area contributed by atoms with E-state index < -0.39 is 0 Å². The van der Waals surface area contributed by atoms with Gasteiger partial charge in [-0.2, -0.15) is 0 Å². The summed E-state index contributed by atoms with van der Waals surface area (Å²) in [5.74, 6) is 1.99. The number of hydrogen-bond acceptors (Lipinski definition) is 2. The first-order valence-corrected chi connectivity index (χ1v) is 12.4. The summed E-state index contributed by atoms with van der Waals surface area (Å²) < 4.78 is 5.77. The predicted molar refractivity (Wildman–Crippen MR) is 113 cm³/mol. The molecule has 2 nitrogen and oxygen atoms in total. The Bertz CT molecular complexity index is 424. The van der Waals surface area contributed by atoms with E-state index in [1.807, 2.05) is 0 Å². The molecule has 3 saturated carbocycles. The average molecular weight is 377 g/mol. The van der Waals surface area contributed by atoms with Gasteiger partial charge >= 0.3 is 5.97 Å². The molecule has 3 aliphatic rings. The van der Waals surface area contributed by atoms with Crippen LogP contribution in [0.25, 0.3) is 0 Å². The zero-order valence-corrected chi connectivity index (χ0v) is 18.0. The van der Waals surface area contributed by atoms with E-state index in [0.717, 1.165) is 31.1 Å². The highest BCUT2D eigenvalue weighted by atomic mass is 16.5. The summed E-state index contributed by atoms with van der Waals surface area (Å²) in [6.07, 6.45) is 24.9. The highest BCUT2D eigenvalue weighted by molar-refractivity contribution is 5.69. The third kappa shape index (κ3) is 6.23. The molecule has 3 aliphatic carbocycles. The molecule has 0 N–H and O–H groups in total. The topological polar surface area (TPSA) is 26.3 Å². The molecule has 0 amide bonds. The number of hydrogen-bond donors (Lipinski definition) is 0. The van der Waals surface area contributed by atoms with E-state index in [1.54, 1.807) is 0 Å². The average Bonchev–Trinajstić information content (AvgIpc) is 2.71. The maximum atomic E-state index is 12.3. The van der Waals surface area contributed by atoms with Crippen molar-refractivity contribution in [2.45, 2.75) is 135 Å². The molecule has 0 aromatic carbocycles. The minimum atomic E-state index is 0.0837. The molecular formula is C25H44O2. The molecule has 3 rings (SSSR count). The molecule has 3 fully saturated rings. The highest BCUT2D eigenvalue weighted by Crippen LogP contribution is 2.53. The Hall–Kier alpha value is -0.530. The summed E-state index contributed by atoms with van der Waals surface area (Å²) in [6.45, 7) is 2.33. The van der Waals surface area contributed by atoms with E-state index in [9.17, 15) is 4.79 Å². The lowest BCUT2D eigenvalue weighted by atomic mass is 9.58. The van der Waals surface area contributed by atoms with Gasteiger partial charge in [0.2, 0.25) is 0 Å². The zero-order chi connectivity index (χ0) is 19.0. The summed E-state index contributed by atoms with van der Waals surface area (Å²) >= 11 is 0. The summed E-state index contributed by atoms with van der Waals surface area (Å²) in [5, 5.41) is 0. The smallest absolute Gasteiger partial charge is 0.306 e. The Morgan fingerprint density at radius 2 is 1.52 bits per heavy atom. The second-order valence-electron chi connectivity index (χ2n) is 10.0. The van der Waals surface area contributed by atoms with Gasteiger partial charge < -0.3 is 4.74 Å². The van der Waals surface area contributed by atoms with E-state index in [2.05, 4.69) is 6.92 Å². The lowest BCUT2D eigenvalue weighted by Crippen LogP contribution is -2.36. The molecule has 0 atom stereocenters. The van der Waals surface area contributed by atoms with Crippen LogP contribution in [-0.4, -0.2) is 12.1 Å². The molecule has 0 aromatic rings. The van der Waals surface area contributed by atoms with Gasteiger partial charge in [0.1, 0.15) is 6.10 Å². The fourth-order valence-electron chi connectivity index (χ4n) is 6.54. The zero-order valence-electron chi connectivity index (χ0n) is 18.0. The quantitative estimate of drug-likeness (QED) is 0.408. The van der Waals surface area contributed by atoms with Crippen molar-refractivity contribution < 1.29 is 9.53 Å². The first-order valence-electron chi connectivity index (χ1n) is 12.4. The van der Waals surface area contributed by atoms with E-state index in [0.29, 0.717) is 11.8 Å². The van der Waals surface area contributed by atoms with Crippen molar-refractivity contribution in [2.75, 3.05) is 0 Å². The molecule has 0 aliphatic heterocycles. The van der Waals surface area contributed by atoms with Gasteiger partial charge in [-0.05, 0) is 94.3 Å². The van der Waals surface area contributed by atoms with Gasteiger partial charge in [0.15, 0.2) is 0 Å². The second-order valence-corrected chi connectivity index (χ2v) is 10.0. The van der Waals surface area contributed by atoms with Crippen molar-refractivity contribution in [1.82, 2.24) is 0 Å². The Labute approximate surface area is 168 Å². The minimum absolute atomic E-state index is 0.0837. The lowest BCUT2D eigenvalue weighted by Gasteiger charge is -2.47. The van der Waals surface area contributed by atoms with E-state index in [-0.39, 0.29) is 12.1 Å². The standard InChI is InChI=1S/C25H44O2/c1-2-10-21-16-19-25(20-17-21,22-11-5-3-6-12-22)18-9-15-24(26)27-23-13-7-4-8-14-23/h21-23H,2-20H2,1H3/t21-,25+. The van der Waals surface area contributed by atoms with Gasteiger partial charge in [-0.1, -0.05) is 45.4 Å². The number of carbonyl (C=O) groups excluding carboxylic acids is 1. The molecule has 2 heteroatoms. The van der Waals surface area contributed by atoms with E-state index in [4.69, 9.17) is 4.74 Å². The van der Waals surface area contributed by atoms with Gasteiger partial charge in [0.05, 0.1) is 0 Å². The first kappa shape index (κ1) is 21.2. The van der Waals surface area contributed by atoms with E-state index in [1.165, 1.54) is 96.3 Å². The van der Waals surface area contributed by atoms with Gasteiger partial charge in [-0.3, -0.25) is 4.79 Å². The maximum absolute atomic E-state index is 12.3. The van der Waals surface area contributed by atoms with E-state index >= 15 is 0 Å². The van der Waals surface area contributed by atoms with Crippen LogP contribution in [0.2, 0.25) is 0 Å². The van der Waals surface area contributed by atoms with Crippen molar-refractivity contribution in [1.29, 1.82) is 0 Å². The van der Waals surface area contributed by atoms with Crippen molar-refractivity contribution in [2.24, 2.45) is 17.3 Å². The van der Waals surface area contributed by atoms with Gasteiger partial charge in [-0.15, -0.1) is 0 Å². The van der Waals surface area contributed by atoms with Crippen LogP contribution in [0.15, 0.2) is 0 Å². The minimum Gasteiger partial charge on any atom is -0.462 e. The predicted octanol–water partition coefficient (Wildman–Crippen LogP) is 7.59. The van der Waals surface area contributed by atoms with Crippen molar-refractivity contribution >= 4 is 5.97 Å². The molecule has 0 aromatic heterocycles. The third-order valence-electron chi connectivity index (χ3n) is 8.17. The van der Waals surface area contributed by atoms with Crippen molar-refractivity contribution in [3.8, 4) is 0 Å². The number of esters is 1. The molecule has 0 radical (unpaired) electrons. The van der Waals surface area contributed by atoms with Crippen LogP contribution in [-0.2, 0) is 9.53 Å². The largest absolute Gasteiger partial charge is 0.462 e. The van der Waals surface area contributed by atoms with Crippen LogP contribution in [0.3, 0.4) is 0 Å². The maximum Gasteiger partial charge on any atom is 0.306 e. The van der Waals surface area contributed by atoms with Gasteiger partial charge in [0.25, 0.3) is 0 Å². The summed E-state index contributed by atoms with van der Waals surface area (Å²) in [6, 6.07) is 0. The summed E-state index contributed by atoms with van der Waals surface area (Å²) in [5.41, 5.74) is 0.551. The van der Waals surface area contributed by atoms with Gasteiger partial charge in [0, 0.05) is 6.42 Å². The van der Waals surface area contributed by atoms with Crippen LogP contribution < -0.4 is 0 Å². The fourth-order valence-corrected chi connectivity index (χ4v) is 6.54. The highest BCUT2D eigenvalue weighted by Gasteiger charge is 2.41. The monoisotopic (exact) mass is 376 g/mol. The number of carbonyl (C=O) groups is 1. The molecule has 0 heterocycles. The summed E-state index contributed by atoms with van der Waals surface area (Å²) in [4.78, 5) is 12.3. The van der Waals surface area contributed by atoms with Gasteiger partial charge in [-0.25, -0.2) is 0 Å². The Kier molecular flexibility index (Phi) is 8.52. The molecule has 156 valence electrons. The van der Waals surface area contributed by atoms with Crippen molar-refractivity contribution in [3.05, 3.63) is 0 Å². The third-order valence-corrected chi connectivity index (χ3v) is 8.17. The molecule has 0 saturated heterocycles. The lowest BCUT2D eigenvalue weighted by molar-refractivity contribution is -0.150. The van der Waals surface area contributed by atoms with Crippen LogP contribution in [0.5, 0.6) is 0 Å². The molecule has 27 heavy (non-hydrogen) atoms. The summed E-state index contributed by atoms with van der Waals surface area (Å²) in [7, 11) is 0. The van der Waals surface area contributed by atoms with Crippen LogP contribution >= 0.6 is 0 Å². The second kappa shape index (κ2) is 10.9. The van der Waals surface area contributed by atoms with Crippen LogP contribution in [0.4, 0.5) is 0 Å². The molecule has 0 spiro atoms.